The van der Waals surface area contributed by atoms with Gasteiger partial charge >= 0.3 is 5.97 Å². The topological polar surface area (TPSA) is 68.7 Å². The average molecular weight is 249 g/mol. The summed E-state index contributed by atoms with van der Waals surface area (Å²) >= 11 is 0. The van der Waals surface area contributed by atoms with Gasteiger partial charge < -0.3 is 14.6 Å². The van der Waals surface area contributed by atoms with Crippen molar-refractivity contribution in [3.63, 3.8) is 0 Å². The molecule has 0 unspecified atom stereocenters. The lowest BCUT2D eigenvalue weighted by Gasteiger charge is -2.22. The second-order valence-corrected chi connectivity index (χ2v) is 4.03. The number of hydrogen-bond acceptors (Lipinski definition) is 4. The standard InChI is InChI=1S/C13H15NO4/c15-13(16)4-2-10-1-3-12(14-9-10)18-11-5-7-17-8-6-11/h1-4,9,11H,5-8H2,(H,15,16)/b4-2+. The predicted molar refractivity (Wildman–Crippen MR) is 65.4 cm³/mol. The molecule has 0 aromatic carbocycles. The number of carboxylic acids is 1. The minimum Gasteiger partial charge on any atom is -0.478 e. The van der Waals surface area contributed by atoms with E-state index in [1.807, 2.05) is 0 Å². The molecule has 0 saturated carbocycles. The summed E-state index contributed by atoms with van der Waals surface area (Å²) in [5.41, 5.74) is 0.733. The van der Waals surface area contributed by atoms with Crippen LogP contribution in [0.5, 0.6) is 5.88 Å². The van der Waals surface area contributed by atoms with Crippen LogP contribution in [0.15, 0.2) is 24.4 Å². The average Bonchev–Trinajstić information content (AvgIpc) is 2.39. The van der Waals surface area contributed by atoms with Crippen LogP contribution in [0.4, 0.5) is 0 Å². The highest BCUT2D eigenvalue weighted by Gasteiger charge is 2.15. The van der Waals surface area contributed by atoms with Gasteiger partial charge in [-0.15, -0.1) is 0 Å². The van der Waals surface area contributed by atoms with E-state index in [1.54, 1.807) is 18.3 Å². The fourth-order valence-corrected chi connectivity index (χ4v) is 1.69. The molecule has 2 heterocycles. The van der Waals surface area contributed by atoms with Gasteiger partial charge in [-0.25, -0.2) is 9.78 Å². The maximum atomic E-state index is 10.4. The first-order valence-corrected chi connectivity index (χ1v) is 5.85. The van der Waals surface area contributed by atoms with Crippen LogP contribution in [0.1, 0.15) is 18.4 Å². The number of carbonyl (C=O) groups is 1. The molecule has 1 aliphatic rings. The van der Waals surface area contributed by atoms with Crippen LogP contribution in [0.2, 0.25) is 0 Å². The Bertz CT molecular complexity index is 421. The van der Waals surface area contributed by atoms with Crippen LogP contribution < -0.4 is 4.74 Å². The molecule has 5 heteroatoms. The van der Waals surface area contributed by atoms with E-state index in [0.717, 1.165) is 37.7 Å². The maximum Gasteiger partial charge on any atom is 0.328 e. The molecule has 5 nitrogen and oxygen atoms in total. The number of rotatable bonds is 4. The predicted octanol–water partition coefficient (Wildman–Crippen LogP) is 1.74. The summed E-state index contributed by atoms with van der Waals surface area (Å²) in [5.74, 6) is -0.410. The van der Waals surface area contributed by atoms with Gasteiger partial charge in [0.2, 0.25) is 5.88 Å². The number of hydrogen-bond donors (Lipinski definition) is 1. The fourth-order valence-electron chi connectivity index (χ4n) is 1.69. The molecule has 18 heavy (non-hydrogen) atoms. The van der Waals surface area contributed by atoms with Crippen molar-refractivity contribution in [3.8, 4) is 5.88 Å². The fraction of sp³-hybridized carbons (Fsp3) is 0.385. The Morgan fingerprint density at radius 1 is 1.44 bits per heavy atom. The van der Waals surface area contributed by atoms with Gasteiger partial charge in [0.25, 0.3) is 0 Å². The molecule has 1 aromatic heterocycles. The maximum absolute atomic E-state index is 10.4. The zero-order valence-electron chi connectivity index (χ0n) is 9.91. The first kappa shape index (κ1) is 12.6. The van der Waals surface area contributed by atoms with Crippen molar-refractivity contribution < 1.29 is 19.4 Å². The smallest absolute Gasteiger partial charge is 0.328 e. The summed E-state index contributed by atoms with van der Waals surface area (Å²) in [6, 6.07) is 3.53. The highest BCUT2D eigenvalue weighted by molar-refractivity contribution is 5.85. The van der Waals surface area contributed by atoms with Gasteiger partial charge in [-0.3, -0.25) is 0 Å². The third-order valence-corrected chi connectivity index (χ3v) is 2.63. The van der Waals surface area contributed by atoms with Crippen molar-refractivity contribution in [2.45, 2.75) is 18.9 Å². The van der Waals surface area contributed by atoms with Gasteiger partial charge in [-0.05, 0) is 17.7 Å². The minimum atomic E-state index is -0.975. The zero-order valence-corrected chi connectivity index (χ0v) is 9.91. The molecule has 1 saturated heterocycles. The highest BCUT2D eigenvalue weighted by atomic mass is 16.5. The van der Waals surface area contributed by atoms with Crippen molar-refractivity contribution in [3.05, 3.63) is 30.0 Å². The van der Waals surface area contributed by atoms with Crippen LogP contribution in [0.3, 0.4) is 0 Å². The lowest BCUT2D eigenvalue weighted by Crippen LogP contribution is -2.26. The van der Waals surface area contributed by atoms with E-state index < -0.39 is 5.97 Å². The van der Waals surface area contributed by atoms with Gasteiger partial charge in [0.05, 0.1) is 13.2 Å². The number of aliphatic carboxylic acids is 1. The summed E-state index contributed by atoms with van der Waals surface area (Å²) in [4.78, 5) is 14.5. The van der Waals surface area contributed by atoms with Crippen LogP contribution in [0, 0.1) is 0 Å². The Balaban J connectivity index is 1.92. The lowest BCUT2D eigenvalue weighted by molar-refractivity contribution is -0.131. The molecule has 1 aromatic rings. The van der Waals surface area contributed by atoms with Crippen LogP contribution in [-0.4, -0.2) is 35.4 Å². The van der Waals surface area contributed by atoms with E-state index in [0.29, 0.717) is 5.88 Å². The van der Waals surface area contributed by atoms with Crippen molar-refractivity contribution in [2.24, 2.45) is 0 Å². The van der Waals surface area contributed by atoms with Crippen molar-refractivity contribution >= 4 is 12.0 Å². The molecule has 0 radical (unpaired) electrons. The van der Waals surface area contributed by atoms with E-state index in [-0.39, 0.29) is 6.10 Å². The van der Waals surface area contributed by atoms with Gasteiger partial charge in [-0.2, -0.15) is 0 Å². The van der Waals surface area contributed by atoms with E-state index in [1.165, 1.54) is 6.08 Å². The first-order chi connectivity index (χ1) is 8.74. The summed E-state index contributed by atoms with van der Waals surface area (Å²) < 4.78 is 11.0. The number of nitrogens with zero attached hydrogens (tertiary/aromatic N) is 1. The van der Waals surface area contributed by atoms with E-state index in [4.69, 9.17) is 14.6 Å². The van der Waals surface area contributed by atoms with Gasteiger partial charge in [-0.1, -0.05) is 0 Å². The summed E-state index contributed by atoms with van der Waals surface area (Å²) in [7, 11) is 0. The largest absolute Gasteiger partial charge is 0.478 e. The Morgan fingerprint density at radius 2 is 2.22 bits per heavy atom. The van der Waals surface area contributed by atoms with Crippen LogP contribution >= 0.6 is 0 Å². The Kier molecular flexibility index (Phi) is 4.30. The molecular formula is C13H15NO4. The first-order valence-electron chi connectivity index (χ1n) is 5.85. The molecule has 1 aliphatic heterocycles. The molecule has 0 amide bonds. The second kappa shape index (κ2) is 6.16. The number of ether oxygens (including phenoxy) is 2. The quantitative estimate of drug-likeness (QED) is 0.823. The van der Waals surface area contributed by atoms with Crippen LogP contribution in [-0.2, 0) is 9.53 Å². The molecule has 0 aliphatic carbocycles. The van der Waals surface area contributed by atoms with E-state index in [2.05, 4.69) is 4.98 Å². The van der Waals surface area contributed by atoms with Crippen molar-refractivity contribution in [1.29, 1.82) is 0 Å². The lowest BCUT2D eigenvalue weighted by atomic mass is 10.1. The van der Waals surface area contributed by atoms with Gasteiger partial charge in [0.1, 0.15) is 6.10 Å². The number of carboxylic acid groups (broad SMARTS) is 1. The molecule has 2 rings (SSSR count). The SMILES string of the molecule is O=C(O)/C=C/c1ccc(OC2CCOCC2)nc1. The molecule has 0 spiro atoms. The monoisotopic (exact) mass is 249 g/mol. The van der Waals surface area contributed by atoms with Crippen LogP contribution in [0.25, 0.3) is 6.08 Å². The number of pyridine rings is 1. The van der Waals surface area contributed by atoms with Gasteiger partial charge in [0, 0.05) is 31.2 Å². The molecule has 0 bridgehead atoms. The summed E-state index contributed by atoms with van der Waals surface area (Å²) in [5, 5.41) is 8.50. The molecule has 1 N–H and O–H groups in total. The third kappa shape index (κ3) is 3.85. The Labute approximate surface area is 105 Å². The second-order valence-electron chi connectivity index (χ2n) is 4.03. The van der Waals surface area contributed by atoms with Crippen molar-refractivity contribution in [1.82, 2.24) is 4.98 Å². The summed E-state index contributed by atoms with van der Waals surface area (Å²) in [6.07, 6.45) is 6.08. The molecular weight excluding hydrogens is 234 g/mol. The minimum absolute atomic E-state index is 0.159. The third-order valence-electron chi connectivity index (χ3n) is 2.63. The Morgan fingerprint density at radius 3 is 2.83 bits per heavy atom. The highest BCUT2D eigenvalue weighted by Crippen LogP contribution is 2.16. The van der Waals surface area contributed by atoms with Crippen molar-refractivity contribution in [2.75, 3.05) is 13.2 Å². The van der Waals surface area contributed by atoms with Gasteiger partial charge in [0.15, 0.2) is 0 Å². The van der Waals surface area contributed by atoms with E-state index in [9.17, 15) is 4.79 Å². The Hall–Kier alpha value is -1.88. The van der Waals surface area contributed by atoms with E-state index >= 15 is 0 Å². The number of aromatic nitrogens is 1. The summed E-state index contributed by atoms with van der Waals surface area (Å²) in [6.45, 7) is 1.45. The zero-order chi connectivity index (χ0) is 12.8. The molecule has 1 fully saturated rings. The molecule has 96 valence electrons. The normalized spacial score (nSPS) is 16.9. The molecule has 0 atom stereocenters.